The first-order chi connectivity index (χ1) is 11.3. The van der Waals surface area contributed by atoms with Gasteiger partial charge in [-0.05, 0) is 63.7 Å². The Balaban J connectivity index is 1.28. The summed E-state index contributed by atoms with van der Waals surface area (Å²) in [5, 5.41) is 3.30. The van der Waals surface area contributed by atoms with E-state index >= 15 is 0 Å². The van der Waals surface area contributed by atoms with Crippen LogP contribution in [0.4, 0.5) is 0 Å². The fourth-order valence-electron chi connectivity index (χ4n) is 3.54. The molecule has 4 nitrogen and oxygen atoms in total. The molecule has 4 heteroatoms. The van der Waals surface area contributed by atoms with E-state index in [2.05, 4.69) is 22.1 Å². The van der Waals surface area contributed by atoms with E-state index in [1.807, 2.05) is 36.7 Å². The molecule has 2 aliphatic rings. The molecule has 126 valence electrons. The van der Waals surface area contributed by atoms with Gasteiger partial charge in [-0.15, -0.1) is 0 Å². The number of para-hydroxylation sites is 1. The Morgan fingerprint density at radius 1 is 1.22 bits per heavy atom. The maximum absolute atomic E-state index is 5.77. The van der Waals surface area contributed by atoms with Gasteiger partial charge in [0.25, 0.3) is 0 Å². The molecule has 0 aliphatic carbocycles. The number of hydrogen-bond donors (Lipinski definition) is 1. The molecule has 2 aliphatic heterocycles. The molecule has 0 aromatic heterocycles. The average Bonchev–Trinajstić information content (AvgIpc) is 2.99. The van der Waals surface area contributed by atoms with Crippen molar-refractivity contribution in [3.05, 3.63) is 30.3 Å². The fourth-order valence-corrected chi connectivity index (χ4v) is 3.54. The summed E-state index contributed by atoms with van der Waals surface area (Å²) in [7, 11) is 0. The number of hydrogen-bond acceptors (Lipinski definition) is 4. The maximum atomic E-state index is 5.77. The Labute approximate surface area is 139 Å². The lowest BCUT2D eigenvalue weighted by atomic mass is 9.88. The molecule has 0 amide bonds. The molecule has 0 radical (unpaired) electrons. The molecule has 0 saturated carbocycles. The van der Waals surface area contributed by atoms with Crippen LogP contribution in [0.5, 0.6) is 5.75 Å². The standard InChI is InChI=1S/C19H29N3O/c1-16-19(21-15-20-16)14-17-8-11-22(12-9-17)10-5-13-23-18-6-3-2-4-7-18/h2-4,6-7,15-17,19H,5,8-14H2,1H3,(H,20,21). The molecular weight excluding hydrogens is 286 g/mol. The number of piperidine rings is 1. The smallest absolute Gasteiger partial charge is 0.119 e. The minimum atomic E-state index is 0.492. The van der Waals surface area contributed by atoms with Crippen LogP contribution in [-0.2, 0) is 0 Å². The zero-order valence-corrected chi connectivity index (χ0v) is 14.2. The molecule has 3 rings (SSSR count). The lowest BCUT2D eigenvalue weighted by Gasteiger charge is -2.33. The minimum absolute atomic E-state index is 0.492. The van der Waals surface area contributed by atoms with Crippen molar-refractivity contribution in [2.75, 3.05) is 26.2 Å². The van der Waals surface area contributed by atoms with Gasteiger partial charge in [-0.2, -0.15) is 0 Å². The van der Waals surface area contributed by atoms with Gasteiger partial charge in [0.2, 0.25) is 0 Å². The summed E-state index contributed by atoms with van der Waals surface area (Å²) in [6.45, 7) is 6.66. The average molecular weight is 315 g/mol. The van der Waals surface area contributed by atoms with E-state index in [9.17, 15) is 0 Å². The molecule has 1 fully saturated rings. The Morgan fingerprint density at radius 2 is 2.00 bits per heavy atom. The normalized spacial score (nSPS) is 25.4. The number of ether oxygens (including phenoxy) is 1. The van der Waals surface area contributed by atoms with Crippen molar-refractivity contribution in [2.24, 2.45) is 10.9 Å². The minimum Gasteiger partial charge on any atom is -0.494 e. The van der Waals surface area contributed by atoms with E-state index < -0.39 is 0 Å². The predicted molar refractivity (Wildman–Crippen MR) is 95.2 cm³/mol. The molecular formula is C19H29N3O. The molecule has 0 bridgehead atoms. The summed E-state index contributed by atoms with van der Waals surface area (Å²) in [6, 6.07) is 11.1. The van der Waals surface area contributed by atoms with Crippen LogP contribution in [0.3, 0.4) is 0 Å². The Kier molecular flexibility index (Phi) is 5.92. The van der Waals surface area contributed by atoms with E-state index in [0.717, 1.165) is 31.2 Å². The summed E-state index contributed by atoms with van der Waals surface area (Å²) >= 11 is 0. The summed E-state index contributed by atoms with van der Waals surface area (Å²) in [6.07, 6.45) is 6.87. The molecule has 1 saturated heterocycles. The number of benzene rings is 1. The van der Waals surface area contributed by atoms with E-state index in [1.54, 1.807) is 0 Å². The van der Waals surface area contributed by atoms with Crippen molar-refractivity contribution >= 4 is 6.34 Å². The van der Waals surface area contributed by atoms with Crippen LogP contribution in [0.15, 0.2) is 35.3 Å². The Hall–Kier alpha value is -1.55. The van der Waals surface area contributed by atoms with E-state index in [0.29, 0.717) is 12.1 Å². The van der Waals surface area contributed by atoms with Crippen molar-refractivity contribution in [1.82, 2.24) is 10.2 Å². The fraction of sp³-hybridized carbons (Fsp3) is 0.632. The first kappa shape index (κ1) is 16.3. The Morgan fingerprint density at radius 3 is 2.70 bits per heavy atom. The van der Waals surface area contributed by atoms with Crippen molar-refractivity contribution in [3.63, 3.8) is 0 Å². The highest BCUT2D eigenvalue weighted by Crippen LogP contribution is 2.25. The van der Waals surface area contributed by atoms with Gasteiger partial charge < -0.3 is 15.0 Å². The summed E-state index contributed by atoms with van der Waals surface area (Å²) < 4.78 is 5.77. The third-order valence-corrected chi connectivity index (χ3v) is 5.09. The van der Waals surface area contributed by atoms with Gasteiger partial charge in [-0.1, -0.05) is 18.2 Å². The van der Waals surface area contributed by atoms with Gasteiger partial charge in [-0.25, -0.2) is 0 Å². The maximum Gasteiger partial charge on any atom is 0.119 e. The summed E-state index contributed by atoms with van der Waals surface area (Å²) in [4.78, 5) is 7.14. The molecule has 2 atom stereocenters. The van der Waals surface area contributed by atoms with Crippen molar-refractivity contribution < 1.29 is 4.74 Å². The number of nitrogens with one attached hydrogen (secondary N) is 1. The van der Waals surface area contributed by atoms with Crippen LogP contribution >= 0.6 is 0 Å². The second-order valence-corrected chi connectivity index (χ2v) is 6.84. The third kappa shape index (κ3) is 4.96. The van der Waals surface area contributed by atoms with Gasteiger partial charge in [-0.3, -0.25) is 4.99 Å². The van der Waals surface area contributed by atoms with Crippen molar-refractivity contribution in [2.45, 2.75) is 44.7 Å². The summed E-state index contributed by atoms with van der Waals surface area (Å²) in [5.74, 6) is 1.82. The van der Waals surface area contributed by atoms with E-state index in [1.165, 1.54) is 32.4 Å². The molecule has 23 heavy (non-hydrogen) atoms. The highest BCUT2D eigenvalue weighted by Gasteiger charge is 2.26. The monoisotopic (exact) mass is 315 g/mol. The van der Waals surface area contributed by atoms with E-state index in [-0.39, 0.29) is 0 Å². The van der Waals surface area contributed by atoms with Crippen LogP contribution in [0.1, 0.15) is 32.6 Å². The van der Waals surface area contributed by atoms with Crippen molar-refractivity contribution in [1.29, 1.82) is 0 Å². The van der Waals surface area contributed by atoms with Crippen LogP contribution in [0.25, 0.3) is 0 Å². The SMILES string of the molecule is CC1NC=NC1CC1CCN(CCCOc2ccccc2)CC1. The van der Waals surface area contributed by atoms with Gasteiger partial charge in [0.05, 0.1) is 19.0 Å². The van der Waals surface area contributed by atoms with Gasteiger partial charge in [0, 0.05) is 12.6 Å². The number of rotatable bonds is 7. The van der Waals surface area contributed by atoms with Crippen LogP contribution in [-0.4, -0.2) is 49.6 Å². The third-order valence-electron chi connectivity index (χ3n) is 5.09. The largest absolute Gasteiger partial charge is 0.494 e. The van der Waals surface area contributed by atoms with Gasteiger partial charge in [0.15, 0.2) is 0 Å². The zero-order valence-electron chi connectivity index (χ0n) is 14.2. The quantitative estimate of drug-likeness (QED) is 0.786. The molecule has 0 spiro atoms. The lowest BCUT2D eigenvalue weighted by molar-refractivity contribution is 0.162. The van der Waals surface area contributed by atoms with E-state index in [4.69, 9.17) is 4.74 Å². The highest BCUT2D eigenvalue weighted by atomic mass is 16.5. The number of likely N-dealkylation sites (tertiary alicyclic amines) is 1. The Bertz CT molecular complexity index is 483. The molecule has 1 aromatic rings. The second-order valence-electron chi connectivity index (χ2n) is 6.84. The molecule has 1 aromatic carbocycles. The highest BCUT2D eigenvalue weighted by molar-refractivity contribution is 5.58. The summed E-state index contributed by atoms with van der Waals surface area (Å²) in [5.41, 5.74) is 0. The first-order valence-electron chi connectivity index (χ1n) is 8.99. The second kappa shape index (κ2) is 8.34. The van der Waals surface area contributed by atoms with Crippen molar-refractivity contribution in [3.8, 4) is 5.75 Å². The van der Waals surface area contributed by atoms with Gasteiger partial charge >= 0.3 is 0 Å². The number of nitrogens with zero attached hydrogens (tertiary/aromatic N) is 2. The molecule has 2 unspecified atom stereocenters. The van der Waals surface area contributed by atoms with Crippen LogP contribution in [0.2, 0.25) is 0 Å². The number of aliphatic imine (C=N–C) groups is 1. The predicted octanol–water partition coefficient (Wildman–Crippen LogP) is 2.95. The van der Waals surface area contributed by atoms with Crippen LogP contribution in [0, 0.1) is 5.92 Å². The zero-order chi connectivity index (χ0) is 15.9. The van der Waals surface area contributed by atoms with Crippen LogP contribution < -0.4 is 10.1 Å². The molecule has 1 N–H and O–H groups in total. The lowest BCUT2D eigenvalue weighted by Crippen LogP contribution is -2.37. The molecule has 2 heterocycles. The van der Waals surface area contributed by atoms with Gasteiger partial charge in [0.1, 0.15) is 5.75 Å². The first-order valence-corrected chi connectivity index (χ1v) is 8.99. The topological polar surface area (TPSA) is 36.9 Å².